The van der Waals surface area contributed by atoms with Gasteiger partial charge in [-0.2, -0.15) is 0 Å². The van der Waals surface area contributed by atoms with Crippen LogP contribution in [0.2, 0.25) is 0 Å². The largest absolute Gasteiger partial charge is 0.464 e. The van der Waals surface area contributed by atoms with E-state index in [9.17, 15) is 9.59 Å². The van der Waals surface area contributed by atoms with E-state index < -0.39 is 6.04 Å². The van der Waals surface area contributed by atoms with E-state index in [4.69, 9.17) is 10.5 Å². The van der Waals surface area contributed by atoms with Gasteiger partial charge in [-0.1, -0.05) is 0 Å². The van der Waals surface area contributed by atoms with Gasteiger partial charge in [-0.3, -0.25) is 4.79 Å². The second-order valence-electron chi connectivity index (χ2n) is 4.39. The SMILES string of the molecule is CCOC(=O)C1CCCN1C(=O)c1ccc(N)cn1. The van der Waals surface area contributed by atoms with Crippen molar-refractivity contribution < 1.29 is 14.3 Å². The molecule has 0 aliphatic carbocycles. The Labute approximate surface area is 111 Å². The molecule has 0 radical (unpaired) electrons. The highest BCUT2D eigenvalue weighted by atomic mass is 16.5. The fourth-order valence-corrected chi connectivity index (χ4v) is 2.17. The van der Waals surface area contributed by atoms with Crippen LogP contribution in [0.25, 0.3) is 0 Å². The average Bonchev–Trinajstić information content (AvgIpc) is 2.88. The fourth-order valence-electron chi connectivity index (χ4n) is 2.17. The molecule has 1 aliphatic heterocycles. The lowest BCUT2D eigenvalue weighted by atomic mass is 10.2. The minimum Gasteiger partial charge on any atom is -0.464 e. The van der Waals surface area contributed by atoms with Crippen LogP contribution in [0.15, 0.2) is 18.3 Å². The van der Waals surface area contributed by atoms with Crippen molar-refractivity contribution in [2.45, 2.75) is 25.8 Å². The van der Waals surface area contributed by atoms with Crippen molar-refractivity contribution in [3.05, 3.63) is 24.0 Å². The first kappa shape index (κ1) is 13.3. The number of rotatable bonds is 3. The van der Waals surface area contributed by atoms with Gasteiger partial charge in [-0.05, 0) is 31.9 Å². The van der Waals surface area contributed by atoms with Crippen molar-refractivity contribution in [3.8, 4) is 0 Å². The van der Waals surface area contributed by atoms with E-state index in [1.54, 1.807) is 19.1 Å². The molecule has 0 aromatic carbocycles. The van der Waals surface area contributed by atoms with Crippen LogP contribution in [0.5, 0.6) is 0 Å². The second-order valence-corrected chi connectivity index (χ2v) is 4.39. The summed E-state index contributed by atoms with van der Waals surface area (Å²) in [5.74, 6) is -0.598. The monoisotopic (exact) mass is 263 g/mol. The van der Waals surface area contributed by atoms with Crippen LogP contribution in [0.1, 0.15) is 30.3 Å². The Hall–Kier alpha value is -2.11. The van der Waals surface area contributed by atoms with E-state index in [1.165, 1.54) is 11.1 Å². The van der Waals surface area contributed by atoms with E-state index in [1.807, 2.05) is 0 Å². The van der Waals surface area contributed by atoms with Gasteiger partial charge in [-0.15, -0.1) is 0 Å². The molecule has 1 amide bonds. The van der Waals surface area contributed by atoms with E-state index in [-0.39, 0.29) is 11.9 Å². The summed E-state index contributed by atoms with van der Waals surface area (Å²) in [6.07, 6.45) is 2.87. The number of pyridine rings is 1. The molecule has 2 heterocycles. The molecule has 2 N–H and O–H groups in total. The maximum atomic E-state index is 12.3. The van der Waals surface area contributed by atoms with Crippen molar-refractivity contribution in [1.29, 1.82) is 0 Å². The van der Waals surface area contributed by atoms with Gasteiger partial charge in [0.05, 0.1) is 18.5 Å². The minimum atomic E-state index is -0.494. The predicted molar refractivity (Wildman–Crippen MR) is 69.3 cm³/mol. The highest BCUT2D eigenvalue weighted by Crippen LogP contribution is 2.20. The van der Waals surface area contributed by atoms with E-state index in [0.29, 0.717) is 31.0 Å². The molecule has 1 aromatic rings. The Balaban J connectivity index is 2.13. The number of nitrogens with zero attached hydrogens (tertiary/aromatic N) is 2. The van der Waals surface area contributed by atoms with Gasteiger partial charge in [0, 0.05) is 6.54 Å². The molecule has 1 aromatic heterocycles. The first-order valence-corrected chi connectivity index (χ1v) is 6.32. The normalized spacial score (nSPS) is 18.4. The third kappa shape index (κ3) is 2.83. The lowest BCUT2D eigenvalue weighted by molar-refractivity contribution is -0.147. The number of carbonyl (C=O) groups is 2. The average molecular weight is 263 g/mol. The molecule has 6 nitrogen and oxygen atoms in total. The van der Waals surface area contributed by atoms with Crippen molar-refractivity contribution in [2.75, 3.05) is 18.9 Å². The predicted octanol–water partition coefficient (Wildman–Crippen LogP) is 0.831. The van der Waals surface area contributed by atoms with Gasteiger partial charge < -0.3 is 15.4 Å². The van der Waals surface area contributed by atoms with Crippen LogP contribution in [-0.2, 0) is 9.53 Å². The van der Waals surface area contributed by atoms with Gasteiger partial charge in [0.1, 0.15) is 11.7 Å². The maximum Gasteiger partial charge on any atom is 0.328 e. The van der Waals surface area contributed by atoms with Gasteiger partial charge in [0.15, 0.2) is 0 Å². The summed E-state index contributed by atoms with van der Waals surface area (Å²) >= 11 is 0. The molecule has 0 bridgehead atoms. The summed E-state index contributed by atoms with van der Waals surface area (Å²) in [5.41, 5.74) is 6.33. The number of amides is 1. The van der Waals surface area contributed by atoms with Gasteiger partial charge >= 0.3 is 5.97 Å². The highest BCUT2D eigenvalue weighted by molar-refractivity contribution is 5.95. The molecule has 0 saturated carbocycles. The number of carbonyl (C=O) groups excluding carboxylic acids is 2. The van der Waals surface area contributed by atoms with Crippen LogP contribution in [0.4, 0.5) is 5.69 Å². The van der Waals surface area contributed by atoms with Gasteiger partial charge in [0.2, 0.25) is 0 Å². The number of likely N-dealkylation sites (tertiary alicyclic amines) is 1. The molecule has 1 saturated heterocycles. The smallest absolute Gasteiger partial charge is 0.328 e. The number of hydrogen-bond acceptors (Lipinski definition) is 5. The molecule has 6 heteroatoms. The number of aromatic nitrogens is 1. The van der Waals surface area contributed by atoms with Crippen LogP contribution in [-0.4, -0.2) is 41.0 Å². The van der Waals surface area contributed by atoms with E-state index >= 15 is 0 Å². The highest BCUT2D eigenvalue weighted by Gasteiger charge is 2.35. The molecule has 1 aliphatic rings. The Bertz CT molecular complexity index is 473. The molecule has 2 rings (SSSR count). The summed E-state index contributed by atoms with van der Waals surface area (Å²) in [6, 6.07) is 2.69. The van der Waals surface area contributed by atoms with Crippen LogP contribution >= 0.6 is 0 Å². The van der Waals surface area contributed by atoms with Gasteiger partial charge in [-0.25, -0.2) is 9.78 Å². The third-order valence-electron chi connectivity index (χ3n) is 3.08. The molecule has 1 fully saturated rings. The Morgan fingerprint density at radius 3 is 2.95 bits per heavy atom. The molecular formula is C13H17N3O3. The quantitative estimate of drug-likeness (QED) is 0.816. The van der Waals surface area contributed by atoms with Crippen molar-refractivity contribution in [3.63, 3.8) is 0 Å². The van der Waals surface area contributed by atoms with Crippen LogP contribution in [0, 0.1) is 0 Å². The molecule has 1 unspecified atom stereocenters. The summed E-state index contributed by atoms with van der Waals surface area (Å²) in [5, 5.41) is 0. The Morgan fingerprint density at radius 2 is 2.32 bits per heavy atom. The zero-order valence-electron chi connectivity index (χ0n) is 10.8. The van der Waals surface area contributed by atoms with E-state index in [2.05, 4.69) is 4.98 Å². The Morgan fingerprint density at radius 1 is 1.53 bits per heavy atom. The van der Waals surface area contributed by atoms with Crippen molar-refractivity contribution >= 4 is 17.6 Å². The fraction of sp³-hybridized carbons (Fsp3) is 0.462. The number of esters is 1. The third-order valence-corrected chi connectivity index (χ3v) is 3.08. The van der Waals surface area contributed by atoms with Crippen molar-refractivity contribution in [2.24, 2.45) is 0 Å². The zero-order valence-corrected chi connectivity index (χ0v) is 10.8. The first-order valence-electron chi connectivity index (χ1n) is 6.32. The summed E-state index contributed by atoms with van der Waals surface area (Å²) in [4.78, 5) is 29.6. The van der Waals surface area contributed by atoms with Crippen LogP contribution in [0.3, 0.4) is 0 Å². The zero-order chi connectivity index (χ0) is 13.8. The molecule has 19 heavy (non-hydrogen) atoms. The minimum absolute atomic E-state index is 0.254. The molecule has 1 atom stereocenters. The number of hydrogen-bond donors (Lipinski definition) is 1. The Kier molecular flexibility index (Phi) is 3.99. The van der Waals surface area contributed by atoms with Gasteiger partial charge in [0.25, 0.3) is 5.91 Å². The van der Waals surface area contributed by atoms with Crippen LogP contribution < -0.4 is 5.73 Å². The first-order chi connectivity index (χ1) is 9.13. The summed E-state index contributed by atoms with van der Waals surface area (Å²) in [7, 11) is 0. The molecule has 0 spiro atoms. The number of anilines is 1. The lowest BCUT2D eigenvalue weighted by Crippen LogP contribution is -2.41. The number of ether oxygens (including phenoxy) is 1. The number of nitrogen functional groups attached to an aromatic ring is 1. The number of nitrogens with two attached hydrogens (primary N) is 1. The summed E-state index contributed by atoms with van der Waals surface area (Å²) in [6.45, 7) is 2.62. The standard InChI is InChI=1S/C13H17N3O3/c1-2-19-13(18)11-4-3-7-16(11)12(17)10-6-5-9(14)8-15-10/h5-6,8,11H,2-4,7,14H2,1H3. The lowest BCUT2D eigenvalue weighted by Gasteiger charge is -2.22. The van der Waals surface area contributed by atoms with Crippen molar-refractivity contribution in [1.82, 2.24) is 9.88 Å². The maximum absolute atomic E-state index is 12.3. The topological polar surface area (TPSA) is 85.5 Å². The van der Waals surface area contributed by atoms with E-state index in [0.717, 1.165) is 6.42 Å². The molecule has 102 valence electrons. The second kappa shape index (κ2) is 5.69. The molecular weight excluding hydrogens is 246 g/mol. The summed E-state index contributed by atoms with van der Waals surface area (Å²) < 4.78 is 4.99.